The van der Waals surface area contributed by atoms with Crippen molar-refractivity contribution >= 4 is 5.91 Å². The second kappa shape index (κ2) is 32.5. The van der Waals surface area contributed by atoms with Crippen LogP contribution in [0.2, 0.25) is 0 Å². The molecule has 1 amide bonds. The van der Waals surface area contributed by atoms with Crippen LogP contribution in [-0.4, -0.2) is 46.1 Å². The Morgan fingerprint density at radius 1 is 0.595 bits per heavy atom. The molecule has 0 aromatic rings. The third kappa shape index (κ3) is 28.7. The maximum atomic E-state index is 12.3. The lowest BCUT2D eigenvalue weighted by Gasteiger charge is -2.20. The lowest BCUT2D eigenvalue weighted by Crippen LogP contribution is -2.45. The molecule has 3 unspecified atom stereocenters. The topological polar surface area (TPSA) is 89.8 Å². The maximum Gasteiger partial charge on any atom is 0.222 e. The van der Waals surface area contributed by atoms with Crippen molar-refractivity contribution in [1.29, 1.82) is 0 Å². The molecule has 0 heterocycles. The molecule has 0 aromatic heterocycles. The van der Waals surface area contributed by atoms with E-state index in [4.69, 9.17) is 0 Å². The van der Waals surface area contributed by atoms with Crippen molar-refractivity contribution in [2.75, 3.05) is 6.61 Å². The van der Waals surface area contributed by atoms with Crippen LogP contribution in [-0.2, 0) is 4.79 Å². The van der Waals surface area contributed by atoms with Gasteiger partial charge in [0.2, 0.25) is 5.91 Å². The van der Waals surface area contributed by atoms with Crippen LogP contribution in [0.3, 0.4) is 0 Å². The number of amides is 1. The molecular formula is C37H69NO4. The van der Waals surface area contributed by atoms with Gasteiger partial charge in [0, 0.05) is 0 Å². The smallest absolute Gasteiger partial charge is 0.222 e. The molecular weight excluding hydrogens is 522 g/mol. The summed E-state index contributed by atoms with van der Waals surface area (Å²) in [5, 5.41) is 32.9. The average Bonchev–Trinajstić information content (AvgIpc) is 2.98. The van der Waals surface area contributed by atoms with Gasteiger partial charge in [-0.15, -0.1) is 0 Å². The van der Waals surface area contributed by atoms with Crippen LogP contribution in [0, 0.1) is 0 Å². The second-order valence-electron chi connectivity index (χ2n) is 12.1. The van der Waals surface area contributed by atoms with E-state index in [0.717, 1.165) is 44.9 Å². The van der Waals surface area contributed by atoms with E-state index in [1.807, 2.05) is 6.08 Å². The molecule has 42 heavy (non-hydrogen) atoms. The van der Waals surface area contributed by atoms with Crippen molar-refractivity contribution in [1.82, 2.24) is 5.32 Å². The molecule has 5 heteroatoms. The molecule has 0 radical (unpaired) electrons. The van der Waals surface area contributed by atoms with E-state index in [-0.39, 0.29) is 18.9 Å². The fourth-order valence-corrected chi connectivity index (χ4v) is 5.11. The molecule has 0 aromatic carbocycles. The summed E-state index contributed by atoms with van der Waals surface area (Å²) < 4.78 is 0. The predicted octanol–water partition coefficient (Wildman–Crippen LogP) is 9.26. The van der Waals surface area contributed by atoms with Crippen LogP contribution in [0.15, 0.2) is 36.5 Å². The van der Waals surface area contributed by atoms with Gasteiger partial charge in [0.15, 0.2) is 0 Å². The van der Waals surface area contributed by atoms with Crippen molar-refractivity contribution in [3.63, 3.8) is 0 Å². The first kappa shape index (κ1) is 40.6. The van der Waals surface area contributed by atoms with Crippen LogP contribution >= 0.6 is 0 Å². The fraction of sp³-hybridized carbons (Fsp3) is 0.811. The van der Waals surface area contributed by atoms with E-state index in [1.54, 1.807) is 6.08 Å². The molecule has 5 nitrogen and oxygen atoms in total. The molecule has 0 aliphatic rings. The molecule has 0 spiro atoms. The van der Waals surface area contributed by atoms with E-state index in [9.17, 15) is 20.1 Å². The normalized spacial score (nSPS) is 14.3. The van der Waals surface area contributed by atoms with E-state index >= 15 is 0 Å². The molecule has 0 saturated carbocycles. The quantitative estimate of drug-likeness (QED) is 0.0478. The van der Waals surface area contributed by atoms with Crippen molar-refractivity contribution in [3.8, 4) is 0 Å². The number of aliphatic hydroxyl groups excluding tert-OH is 3. The summed E-state index contributed by atoms with van der Waals surface area (Å²) in [6.45, 7) is 4.15. The molecule has 3 atom stereocenters. The van der Waals surface area contributed by atoms with Gasteiger partial charge >= 0.3 is 0 Å². The Bertz CT molecular complexity index is 660. The van der Waals surface area contributed by atoms with Gasteiger partial charge in [-0.3, -0.25) is 4.79 Å². The summed E-state index contributed by atoms with van der Waals surface area (Å²) >= 11 is 0. The highest BCUT2D eigenvalue weighted by molar-refractivity contribution is 5.76. The Morgan fingerprint density at radius 3 is 1.55 bits per heavy atom. The molecule has 0 aliphatic heterocycles. The number of unbranched alkanes of at least 4 members (excludes halogenated alkanes) is 18. The van der Waals surface area contributed by atoms with Crippen LogP contribution in [0.1, 0.15) is 168 Å². The number of aliphatic hydroxyl groups is 3. The first-order valence-electron chi connectivity index (χ1n) is 17.8. The monoisotopic (exact) mass is 592 g/mol. The first-order valence-corrected chi connectivity index (χ1v) is 17.8. The van der Waals surface area contributed by atoms with Gasteiger partial charge in [-0.25, -0.2) is 0 Å². The third-order valence-electron chi connectivity index (χ3n) is 7.90. The highest BCUT2D eigenvalue weighted by Gasteiger charge is 2.20. The number of rotatable bonds is 31. The standard InChI is InChI=1S/C37H69NO4/c1-3-5-7-9-11-13-15-17-19-21-23-25-27-29-31-36(41)35(33-39)38-37(42)32-34(40)30-28-26-24-22-20-18-16-14-12-10-8-6-4-2/h14,16,21,23,29,31,34-36,39-41H,3-13,15,17-20,22,24-28,30,32-33H2,1-2H3,(H,38,42)/b16-14-,23-21+,31-29+. The Morgan fingerprint density at radius 2 is 1.02 bits per heavy atom. The molecule has 0 saturated heterocycles. The Labute approximate surface area is 260 Å². The number of hydrogen-bond acceptors (Lipinski definition) is 4. The molecule has 0 bridgehead atoms. The van der Waals surface area contributed by atoms with Gasteiger partial charge in [0.25, 0.3) is 0 Å². The zero-order valence-corrected chi connectivity index (χ0v) is 27.6. The van der Waals surface area contributed by atoms with Crippen molar-refractivity contribution < 1.29 is 20.1 Å². The molecule has 0 aliphatic carbocycles. The van der Waals surface area contributed by atoms with Gasteiger partial charge < -0.3 is 20.6 Å². The lowest BCUT2D eigenvalue weighted by molar-refractivity contribution is -0.124. The Balaban J connectivity index is 3.83. The number of hydrogen-bond donors (Lipinski definition) is 4. The summed E-state index contributed by atoms with van der Waals surface area (Å²) in [7, 11) is 0. The van der Waals surface area contributed by atoms with Crippen molar-refractivity contribution in [2.24, 2.45) is 0 Å². The minimum atomic E-state index is -0.951. The van der Waals surface area contributed by atoms with Gasteiger partial charge in [-0.1, -0.05) is 140 Å². The van der Waals surface area contributed by atoms with Crippen LogP contribution in [0.25, 0.3) is 0 Å². The van der Waals surface area contributed by atoms with E-state index in [2.05, 4.69) is 43.5 Å². The van der Waals surface area contributed by atoms with E-state index < -0.39 is 18.2 Å². The van der Waals surface area contributed by atoms with E-state index in [0.29, 0.717) is 6.42 Å². The minimum Gasteiger partial charge on any atom is -0.394 e. The van der Waals surface area contributed by atoms with Crippen molar-refractivity contribution in [3.05, 3.63) is 36.5 Å². The average molecular weight is 592 g/mol. The summed E-state index contributed by atoms with van der Waals surface area (Å²) in [6, 6.07) is -0.760. The Kier molecular flexibility index (Phi) is 31.4. The van der Waals surface area contributed by atoms with Gasteiger partial charge in [-0.05, 0) is 57.8 Å². The SMILES string of the molecule is CCCCCC/C=C\CCCCCCCC(O)CC(=O)NC(CO)C(O)/C=C/CC/C=C/CCCCCCCCCC. The summed E-state index contributed by atoms with van der Waals surface area (Å²) in [5.74, 6) is -0.334. The zero-order chi connectivity index (χ0) is 30.9. The predicted molar refractivity (Wildman–Crippen MR) is 181 cm³/mol. The third-order valence-corrected chi connectivity index (χ3v) is 7.90. The second-order valence-corrected chi connectivity index (χ2v) is 12.1. The Hall–Kier alpha value is -1.43. The highest BCUT2D eigenvalue weighted by Crippen LogP contribution is 2.12. The highest BCUT2D eigenvalue weighted by atomic mass is 16.3. The minimum absolute atomic E-state index is 0.000360. The number of allylic oxidation sites excluding steroid dienone is 5. The lowest BCUT2D eigenvalue weighted by atomic mass is 10.0. The number of nitrogens with one attached hydrogen (secondary N) is 1. The number of carbonyl (C=O) groups excluding carboxylic acids is 1. The first-order chi connectivity index (χ1) is 20.5. The summed E-state index contributed by atoms with van der Waals surface area (Å²) in [6.07, 6.45) is 38.3. The van der Waals surface area contributed by atoms with Crippen LogP contribution in [0.5, 0.6) is 0 Å². The van der Waals surface area contributed by atoms with Crippen LogP contribution < -0.4 is 5.32 Å². The molecule has 0 fully saturated rings. The molecule has 246 valence electrons. The maximum absolute atomic E-state index is 12.3. The zero-order valence-electron chi connectivity index (χ0n) is 27.6. The summed E-state index contributed by atoms with van der Waals surface area (Å²) in [4.78, 5) is 12.3. The van der Waals surface area contributed by atoms with Crippen LogP contribution in [0.4, 0.5) is 0 Å². The van der Waals surface area contributed by atoms with Gasteiger partial charge in [0.1, 0.15) is 0 Å². The fourth-order valence-electron chi connectivity index (χ4n) is 5.11. The van der Waals surface area contributed by atoms with Crippen molar-refractivity contribution in [2.45, 2.75) is 186 Å². The summed E-state index contributed by atoms with van der Waals surface area (Å²) in [5.41, 5.74) is 0. The molecule has 0 rings (SSSR count). The van der Waals surface area contributed by atoms with Gasteiger partial charge in [-0.2, -0.15) is 0 Å². The molecule has 4 N–H and O–H groups in total. The van der Waals surface area contributed by atoms with Gasteiger partial charge in [0.05, 0.1) is 31.3 Å². The van der Waals surface area contributed by atoms with E-state index in [1.165, 1.54) is 96.3 Å². The largest absolute Gasteiger partial charge is 0.394 e. The number of carbonyl (C=O) groups is 1.